The topological polar surface area (TPSA) is 104 Å². The molecule has 1 N–H and O–H groups in total. The summed E-state index contributed by atoms with van der Waals surface area (Å²) in [6.45, 7) is 2.45. The molecule has 0 aliphatic carbocycles. The molecule has 0 saturated heterocycles. The summed E-state index contributed by atoms with van der Waals surface area (Å²) in [6.07, 6.45) is 0. The second-order valence-corrected chi connectivity index (χ2v) is 7.64. The summed E-state index contributed by atoms with van der Waals surface area (Å²) < 4.78 is 45.0. The van der Waals surface area contributed by atoms with Gasteiger partial charge in [-0.3, -0.25) is 0 Å². The van der Waals surface area contributed by atoms with Crippen molar-refractivity contribution in [1.29, 1.82) is 0 Å². The molecule has 1 unspecified atom stereocenters. The van der Waals surface area contributed by atoms with Gasteiger partial charge in [0.2, 0.25) is 21.8 Å². The molecule has 0 radical (unpaired) electrons. The van der Waals surface area contributed by atoms with Crippen molar-refractivity contribution in [3.05, 3.63) is 65.9 Å². The lowest BCUT2D eigenvalue weighted by Crippen LogP contribution is -2.30. The Labute approximate surface area is 156 Å². The number of aromatic nitrogens is 2. The Hall–Kier alpha value is -2.91. The van der Waals surface area contributed by atoms with Crippen LogP contribution < -0.4 is 14.2 Å². The molecule has 2 heterocycles. The van der Waals surface area contributed by atoms with E-state index >= 15 is 0 Å². The first kappa shape index (κ1) is 17.5. The van der Waals surface area contributed by atoms with Gasteiger partial charge in [-0.25, -0.2) is 8.42 Å². The number of nitrogens with zero attached hydrogens (tertiary/aromatic N) is 2. The van der Waals surface area contributed by atoms with Crippen molar-refractivity contribution >= 4 is 10.0 Å². The average molecular weight is 387 g/mol. The highest BCUT2D eigenvalue weighted by molar-refractivity contribution is 7.89. The fraction of sp³-hybridized carbons (Fsp3) is 0.222. The van der Waals surface area contributed by atoms with Gasteiger partial charge in [0.25, 0.3) is 0 Å². The highest BCUT2D eigenvalue weighted by Gasteiger charge is 2.28. The fourth-order valence-corrected chi connectivity index (χ4v) is 3.94. The Bertz CT molecular complexity index is 1050. The van der Waals surface area contributed by atoms with Crippen molar-refractivity contribution in [2.45, 2.75) is 17.9 Å². The lowest BCUT2D eigenvalue weighted by atomic mass is 10.1. The molecular formula is C18H17N3O5S. The van der Waals surface area contributed by atoms with Crippen LogP contribution in [0.4, 0.5) is 0 Å². The van der Waals surface area contributed by atoms with E-state index in [0.29, 0.717) is 36.2 Å². The Kier molecular flexibility index (Phi) is 4.54. The molecule has 8 nitrogen and oxygen atoms in total. The van der Waals surface area contributed by atoms with Crippen LogP contribution in [0.1, 0.15) is 23.4 Å². The Morgan fingerprint density at radius 3 is 2.44 bits per heavy atom. The maximum Gasteiger partial charge on any atom is 0.241 e. The maximum atomic E-state index is 13.0. The SMILES string of the molecule is Cc1nnc(C(NS(=O)(=O)c2ccc3c(c2)OCCO3)c2ccccc2)o1. The highest BCUT2D eigenvalue weighted by atomic mass is 32.2. The second-order valence-electron chi connectivity index (χ2n) is 5.93. The number of hydrogen-bond donors (Lipinski definition) is 1. The second kappa shape index (κ2) is 7.01. The predicted octanol–water partition coefficient (Wildman–Crippen LogP) is 2.22. The van der Waals surface area contributed by atoms with Gasteiger partial charge in [0, 0.05) is 13.0 Å². The fourth-order valence-electron chi connectivity index (χ4n) is 2.75. The number of fused-ring (bicyclic) bond motifs is 1. The molecule has 0 spiro atoms. The van der Waals surface area contributed by atoms with Crippen LogP contribution in [-0.2, 0) is 10.0 Å². The van der Waals surface area contributed by atoms with Gasteiger partial charge in [-0.1, -0.05) is 30.3 Å². The third-order valence-electron chi connectivity index (χ3n) is 4.02. The number of rotatable bonds is 5. The monoisotopic (exact) mass is 387 g/mol. The minimum atomic E-state index is -3.89. The van der Waals surface area contributed by atoms with Crippen LogP contribution in [0.25, 0.3) is 0 Å². The van der Waals surface area contributed by atoms with E-state index in [1.165, 1.54) is 12.1 Å². The number of aryl methyl sites for hydroxylation is 1. The Balaban J connectivity index is 1.70. The molecule has 2 aromatic carbocycles. The molecular weight excluding hydrogens is 370 g/mol. The summed E-state index contributed by atoms with van der Waals surface area (Å²) in [5.41, 5.74) is 0.683. The zero-order valence-corrected chi connectivity index (χ0v) is 15.3. The van der Waals surface area contributed by atoms with Crippen LogP contribution in [0, 0.1) is 6.92 Å². The quantitative estimate of drug-likeness (QED) is 0.716. The lowest BCUT2D eigenvalue weighted by Gasteiger charge is -2.20. The first-order chi connectivity index (χ1) is 13.0. The number of nitrogens with one attached hydrogen (secondary N) is 1. The zero-order chi connectivity index (χ0) is 18.9. The van der Waals surface area contributed by atoms with E-state index in [-0.39, 0.29) is 10.8 Å². The first-order valence-electron chi connectivity index (χ1n) is 8.30. The van der Waals surface area contributed by atoms with Crippen LogP contribution in [0.5, 0.6) is 11.5 Å². The van der Waals surface area contributed by atoms with Crippen LogP contribution in [0.3, 0.4) is 0 Å². The van der Waals surface area contributed by atoms with Crippen molar-refractivity contribution < 1.29 is 22.3 Å². The van der Waals surface area contributed by atoms with Gasteiger partial charge in [0.05, 0.1) is 4.90 Å². The van der Waals surface area contributed by atoms with E-state index in [4.69, 9.17) is 13.9 Å². The van der Waals surface area contributed by atoms with Crippen molar-refractivity contribution in [3.8, 4) is 11.5 Å². The smallest absolute Gasteiger partial charge is 0.241 e. The normalized spacial score (nSPS) is 14.7. The minimum absolute atomic E-state index is 0.0592. The number of hydrogen-bond acceptors (Lipinski definition) is 7. The van der Waals surface area contributed by atoms with Gasteiger partial charge >= 0.3 is 0 Å². The molecule has 140 valence electrons. The van der Waals surface area contributed by atoms with Crippen molar-refractivity contribution in [2.75, 3.05) is 13.2 Å². The van der Waals surface area contributed by atoms with Gasteiger partial charge in [-0.15, -0.1) is 10.2 Å². The van der Waals surface area contributed by atoms with Crippen molar-refractivity contribution in [3.63, 3.8) is 0 Å². The molecule has 0 amide bonds. The first-order valence-corrected chi connectivity index (χ1v) is 9.78. The molecule has 4 rings (SSSR count). The Morgan fingerprint density at radius 2 is 1.74 bits per heavy atom. The molecule has 1 atom stereocenters. The summed E-state index contributed by atoms with van der Waals surface area (Å²) in [6, 6.07) is 12.7. The van der Waals surface area contributed by atoms with E-state index < -0.39 is 16.1 Å². The van der Waals surface area contributed by atoms with Crippen molar-refractivity contribution in [1.82, 2.24) is 14.9 Å². The van der Waals surface area contributed by atoms with Gasteiger partial charge in [0.1, 0.15) is 19.3 Å². The van der Waals surface area contributed by atoms with E-state index in [1.54, 1.807) is 25.1 Å². The van der Waals surface area contributed by atoms with Crippen LogP contribution in [-0.4, -0.2) is 31.8 Å². The van der Waals surface area contributed by atoms with E-state index in [1.807, 2.05) is 18.2 Å². The third-order valence-corrected chi connectivity index (χ3v) is 5.44. The summed E-state index contributed by atoms with van der Waals surface area (Å²) in [5.74, 6) is 1.44. The Morgan fingerprint density at radius 1 is 1.00 bits per heavy atom. The number of ether oxygens (including phenoxy) is 2. The average Bonchev–Trinajstić information content (AvgIpc) is 3.12. The summed E-state index contributed by atoms with van der Waals surface area (Å²) in [7, 11) is -3.89. The molecule has 27 heavy (non-hydrogen) atoms. The van der Waals surface area contributed by atoms with E-state index in [0.717, 1.165) is 0 Å². The molecule has 9 heteroatoms. The molecule has 1 aliphatic heterocycles. The molecule has 1 aromatic heterocycles. The van der Waals surface area contributed by atoms with Gasteiger partial charge in [-0.2, -0.15) is 4.72 Å². The number of sulfonamides is 1. The van der Waals surface area contributed by atoms with E-state index in [9.17, 15) is 8.42 Å². The minimum Gasteiger partial charge on any atom is -0.486 e. The lowest BCUT2D eigenvalue weighted by molar-refractivity contribution is 0.171. The molecule has 1 aliphatic rings. The maximum absolute atomic E-state index is 13.0. The zero-order valence-electron chi connectivity index (χ0n) is 14.5. The predicted molar refractivity (Wildman–Crippen MR) is 95.1 cm³/mol. The molecule has 0 saturated carbocycles. The van der Waals surface area contributed by atoms with Gasteiger partial charge in [-0.05, 0) is 17.7 Å². The third kappa shape index (κ3) is 3.64. The van der Waals surface area contributed by atoms with Gasteiger partial charge < -0.3 is 13.9 Å². The molecule has 0 fully saturated rings. The van der Waals surface area contributed by atoms with Crippen molar-refractivity contribution in [2.24, 2.45) is 0 Å². The summed E-state index contributed by atoms with van der Waals surface area (Å²) in [5, 5.41) is 7.79. The highest BCUT2D eigenvalue weighted by Crippen LogP contribution is 2.33. The van der Waals surface area contributed by atoms with Crippen LogP contribution >= 0.6 is 0 Å². The van der Waals surface area contributed by atoms with E-state index in [2.05, 4.69) is 14.9 Å². The molecule has 3 aromatic rings. The molecule has 0 bridgehead atoms. The van der Waals surface area contributed by atoms with Crippen LogP contribution in [0.2, 0.25) is 0 Å². The summed E-state index contributed by atoms with van der Waals surface area (Å²) >= 11 is 0. The number of benzene rings is 2. The standard InChI is InChI=1S/C18H17N3O5S/c1-12-19-20-18(26-12)17(13-5-3-2-4-6-13)21-27(22,23)14-7-8-15-16(11-14)25-10-9-24-15/h2-8,11,17,21H,9-10H2,1H3. The van der Waals surface area contributed by atoms with Gasteiger partial charge in [0.15, 0.2) is 11.5 Å². The summed E-state index contributed by atoms with van der Waals surface area (Å²) in [4.78, 5) is 0.0592. The largest absolute Gasteiger partial charge is 0.486 e. The van der Waals surface area contributed by atoms with Crippen LogP contribution in [0.15, 0.2) is 57.8 Å².